The Morgan fingerprint density at radius 2 is 1.90 bits per heavy atom. The van der Waals surface area contributed by atoms with Gasteiger partial charge in [-0.15, -0.1) is 0 Å². The molecule has 30 heavy (non-hydrogen) atoms. The molecule has 0 radical (unpaired) electrons. The van der Waals surface area contributed by atoms with E-state index in [4.69, 9.17) is 20.8 Å². The van der Waals surface area contributed by atoms with E-state index in [0.717, 1.165) is 48.0 Å². The maximum absolute atomic E-state index is 12.4. The number of nitrogens with one attached hydrogen (secondary N) is 1. The van der Waals surface area contributed by atoms with Gasteiger partial charge in [-0.1, -0.05) is 47.5 Å². The third kappa shape index (κ3) is 5.23. The van der Waals surface area contributed by atoms with Gasteiger partial charge in [0.2, 0.25) is 11.2 Å². The van der Waals surface area contributed by atoms with E-state index in [2.05, 4.69) is 11.0 Å². The zero-order valence-corrected chi connectivity index (χ0v) is 17.8. The second-order valence-corrected chi connectivity index (χ2v) is 8.18. The van der Waals surface area contributed by atoms with Crippen molar-refractivity contribution < 1.29 is 14.1 Å². The largest absolute Gasteiger partial charge is 0.482 e. The Bertz CT molecular complexity index is 1060. The number of aryl methyl sites for hydroxylation is 1. The van der Waals surface area contributed by atoms with Crippen LogP contribution in [-0.2, 0) is 13.2 Å². The van der Waals surface area contributed by atoms with E-state index in [9.17, 15) is 4.79 Å². The maximum Gasteiger partial charge on any atom is 0.227 e. The molecule has 1 aliphatic rings. The molecule has 0 saturated carbocycles. The van der Waals surface area contributed by atoms with E-state index in [1.807, 2.05) is 49.4 Å². The molecule has 6 heteroatoms. The highest BCUT2D eigenvalue weighted by atomic mass is 35.5. The summed E-state index contributed by atoms with van der Waals surface area (Å²) in [5.41, 5.74) is 3.21. The maximum atomic E-state index is 12.4. The Hall–Kier alpha value is -2.76. The molecule has 0 aliphatic carbocycles. The molecular weight excluding hydrogens is 400 g/mol. The molecule has 0 amide bonds. The zero-order chi connectivity index (χ0) is 20.9. The van der Waals surface area contributed by atoms with E-state index in [1.54, 1.807) is 6.07 Å². The lowest BCUT2D eigenvalue weighted by molar-refractivity contribution is -0.915. The average molecular weight is 426 g/mol. The van der Waals surface area contributed by atoms with Crippen molar-refractivity contribution >= 4 is 17.3 Å². The third-order valence-corrected chi connectivity index (χ3v) is 5.63. The molecule has 1 saturated heterocycles. The molecular formula is C24H26ClN2O3+. The van der Waals surface area contributed by atoms with Crippen molar-refractivity contribution in [2.45, 2.75) is 20.1 Å². The Morgan fingerprint density at radius 1 is 1.10 bits per heavy atom. The first-order valence-corrected chi connectivity index (χ1v) is 10.6. The van der Waals surface area contributed by atoms with Crippen molar-refractivity contribution in [3.05, 3.63) is 93.0 Å². The van der Waals surface area contributed by atoms with Gasteiger partial charge in [-0.05, 0) is 30.7 Å². The van der Waals surface area contributed by atoms with Gasteiger partial charge in [0, 0.05) is 16.8 Å². The van der Waals surface area contributed by atoms with Gasteiger partial charge >= 0.3 is 0 Å². The number of benzene rings is 2. The number of rotatable bonds is 6. The summed E-state index contributed by atoms with van der Waals surface area (Å²) in [6.45, 7) is 6.90. The Morgan fingerprint density at radius 3 is 2.63 bits per heavy atom. The molecule has 0 atom stereocenters. The lowest BCUT2D eigenvalue weighted by atomic mass is 10.1. The molecule has 0 bridgehead atoms. The van der Waals surface area contributed by atoms with E-state index in [1.165, 1.54) is 11.2 Å². The number of ether oxygens (including phenoxy) is 1. The van der Waals surface area contributed by atoms with Crippen molar-refractivity contribution in [2.75, 3.05) is 31.1 Å². The molecule has 0 unspecified atom stereocenters. The second kappa shape index (κ2) is 9.37. The molecule has 2 aromatic carbocycles. The SMILES string of the molecule is Cc1cccc(COc2coc(C[NH+]3CCN(c4cccc(Cl)c4)CC3)cc2=O)c1. The number of hydrogen-bond acceptors (Lipinski definition) is 4. The first kappa shape index (κ1) is 20.5. The number of hydrogen-bond donors (Lipinski definition) is 1. The summed E-state index contributed by atoms with van der Waals surface area (Å²) in [6.07, 6.45) is 1.44. The summed E-state index contributed by atoms with van der Waals surface area (Å²) < 4.78 is 11.4. The van der Waals surface area contributed by atoms with Crippen LogP contribution in [0.4, 0.5) is 5.69 Å². The van der Waals surface area contributed by atoms with E-state index < -0.39 is 0 Å². The first-order chi connectivity index (χ1) is 14.6. The first-order valence-electron chi connectivity index (χ1n) is 10.2. The summed E-state index contributed by atoms with van der Waals surface area (Å²) >= 11 is 6.11. The number of quaternary nitrogens is 1. The van der Waals surface area contributed by atoms with Crippen LogP contribution in [0.2, 0.25) is 5.02 Å². The normalized spacial score (nSPS) is 14.7. The van der Waals surface area contributed by atoms with Crippen LogP contribution in [0.25, 0.3) is 0 Å². The van der Waals surface area contributed by atoms with Crippen LogP contribution in [0.15, 0.2) is 70.1 Å². The average Bonchev–Trinajstić information content (AvgIpc) is 2.74. The molecule has 2 heterocycles. The highest BCUT2D eigenvalue weighted by molar-refractivity contribution is 6.30. The molecule has 1 aromatic heterocycles. The van der Waals surface area contributed by atoms with Crippen molar-refractivity contribution in [3.8, 4) is 5.75 Å². The van der Waals surface area contributed by atoms with E-state index in [0.29, 0.717) is 18.9 Å². The summed E-state index contributed by atoms with van der Waals surface area (Å²) in [5, 5.41) is 0.758. The lowest BCUT2D eigenvalue weighted by Crippen LogP contribution is -3.13. The number of piperazine rings is 1. The number of halogens is 1. The molecule has 3 aromatic rings. The van der Waals surface area contributed by atoms with E-state index in [-0.39, 0.29) is 11.2 Å². The van der Waals surface area contributed by atoms with Gasteiger partial charge in [0.15, 0.2) is 5.76 Å². The summed E-state index contributed by atoms with van der Waals surface area (Å²) in [4.78, 5) is 16.2. The Kier molecular flexibility index (Phi) is 6.41. The molecule has 4 rings (SSSR count). The van der Waals surface area contributed by atoms with Gasteiger partial charge in [0.05, 0.1) is 26.2 Å². The molecule has 1 aliphatic heterocycles. The number of anilines is 1. The van der Waals surface area contributed by atoms with Crippen LogP contribution < -0.4 is 20.0 Å². The lowest BCUT2D eigenvalue weighted by Gasteiger charge is -2.33. The highest BCUT2D eigenvalue weighted by Gasteiger charge is 2.21. The molecule has 1 fully saturated rings. The standard InChI is InChI=1S/C24H25ClN2O3/c1-18-4-2-5-19(12-18)16-30-24-17-29-22(14-23(24)28)15-26-8-10-27(11-9-26)21-7-3-6-20(25)13-21/h2-7,12-14,17H,8-11,15-16H2,1H3/p+1. The van der Waals surface area contributed by atoms with Gasteiger partial charge in [-0.3, -0.25) is 4.79 Å². The Labute approximate surface area is 181 Å². The molecule has 1 N–H and O–H groups in total. The van der Waals surface area contributed by atoms with Gasteiger partial charge in [-0.25, -0.2) is 0 Å². The van der Waals surface area contributed by atoms with Crippen molar-refractivity contribution in [3.63, 3.8) is 0 Å². The minimum Gasteiger partial charge on any atom is -0.482 e. The van der Waals surface area contributed by atoms with Gasteiger partial charge in [0.25, 0.3) is 0 Å². The topological polar surface area (TPSA) is 47.1 Å². The fourth-order valence-corrected chi connectivity index (χ4v) is 3.96. The fraction of sp³-hybridized carbons (Fsp3) is 0.292. The van der Waals surface area contributed by atoms with Crippen LogP contribution in [-0.4, -0.2) is 26.2 Å². The minimum atomic E-state index is -0.138. The van der Waals surface area contributed by atoms with Crippen molar-refractivity contribution in [1.82, 2.24) is 0 Å². The van der Waals surface area contributed by atoms with Crippen LogP contribution in [0, 0.1) is 6.92 Å². The highest BCUT2D eigenvalue weighted by Crippen LogP contribution is 2.19. The summed E-state index contributed by atoms with van der Waals surface area (Å²) in [5.74, 6) is 0.940. The monoisotopic (exact) mass is 425 g/mol. The van der Waals surface area contributed by atoms with E-state index >= 15 is 0 Å². The van der Waals surface area contributed by atoms with Gasteiger partial charge in [0.1, 0.15) is 19.4 Å². The van der Waals surface area contributed by atoms with Crippen molar-refractivity contribution in [1.29, 1.82) is 0 Å². The van der Waals surface area contributed by atoms with Crippen LogP contribution in [0.5, 0.6) is 5.75 Å². The predicted octanol–water partition coefficient (Wildman–Crippen LogP) is 3.09. The van der Waals surface area contributed by atoms with Crippen LogP contribution >= 0.6 is 11.6 Å². The fourth-order valence-electron chi connectivity index (χ4n) is 3.78. The van der Waals surface area contributed by atoms with Gasteiger partial charge in [-0.2, -0.15) is 0 Å². The second-order valence-electron chi connectivity index (χ2n) is 7.75. The number of nitrogens with zero attached hydrogens (tertiary/aromatic N) is 1. The molecule has 0 spiro atoms. The zero-order valence-electron chi connectivity index (χ0n) is 17.1. The van der Waals surface area contributed by atoms with Gasteiger partial charge < -0.3 is 19.0 Å². The molecule has 5 nitrogen and oxygen atoms in total. The minimum absolute atomic E-state index is 0.138. The quantitative estimate of drug-likeness (QED) is 0.659. The van der Waals surface area contributed by atoms with Crippen LogP contribution in [0.1, 0.15) is 16.9 Å². The predicted molar refractivity (Wildman–Crippen MR) is 119 cm³/mol. The van der Waals surface area contributed by atoms with Crippen molar-refractivity contribution in [2.24, 2.45) is 0 Å². The molecule has 156 valence electrons. The van der Waals surface area contributed by atoms with Crippen LogP contribution in [0.3, 0.4) is 0 Å². The third-order valence-electron chi connectivity index (χ3n) is 5.40. The summed E-state index contributed by atoms with van der Waals surface area (Å²) in [7, 11) is 0. The summed E-state index contributed by atoms with van der Waals surface area (Å²) in [6, 6.07) is 17.6. The smallest absolute Gasteiger partial charge is 0.227 e. The Balaban J connectivity index is 1.31.